The summed E-state index contributed by atoms with van der Waals surface area (Å²) in [7, 11) is -4.66. The molecule has 0 aliphatic heterocycles. The first kappa shape index (κ1) is 25.4. The maximum Gasteiger partial charge on any atom is 0.469 e. The molecule has 9 N–H and O–H groups in total. The second-order valence-corrected chi connectivity index (χ2v) is 5.58. The van der Waals surface area contributed by atoms with E-state index in [-0.39, 0.29) is 12.6 Å². The fraction of sp³-hybridized carbons (Fsp3) is 0.800. The topological polar surface area (TPSA) is 243 Å². The molecule has 0 fully saturated rings. The number of aliphatic hydroxyl groups is 7. The van der Waals surface area contributed by atoms with Crippen molar-refractivity contribution < 1.29 is 64.2 Å². The predicted octanol–water partition coefficient (Wildman–Crippen LogP) is -5.36. The van der Waals surface area contributed by atoms with Crippen LogP contribution in [0.1, 0.15) is 0 Å². The number of phosphoric ester groups is 1. The van der Waals surface area contributed by atoms with Gasteiger partial charge >= 0.3 is 7.82 Å². The van der Waals surface area contributed by atoms with Crippen LogP contribution in [0.4, 0.5) is 0 Å². The molecule has 0 radical (unpaired) electrons. The van der Waals surface area contributed by atoms with Gasteiger partial charge in [-0.2, -0.15) is 0 Å². The molecule has 144 valence electrons. The van der Waals surface area contributed by atoms with Gasteiger partial charge in [0, 0.05) is 0 Å². The van der Waals surface area contributed by atoms with E-state index in [9.17, 15) is 14.2 Å². The van der Waals surface area contributed by atoms with E-state index in [0.717, 1.165) is 0 Å². The Morgan fingerprint density at radius 3 is 1.62 bits per heavy atom. The first-order valence-corrected chi connectivity index (χ1v) is 7.74. The largest absolute Gasteiger partial charge is 0.469 e. The average Bonchev–Trinajstić information content (AvgIpc) is 2.55. The van der Waals surface area contributed by atoms with Crippen molar-refractivity contribution in [3.8, 4) is 0 Å². The van der Waals surface area contributed by atoms with Crippen LogP contribution in [0.5, 0.6) is 0 Å². The monoisotopic (exact) mass is 380 g/mol. The standard InChI is InChI=1S/C6H12O6.C4H9O7P/c7-1-3(9)5(11)6(12)4(10)2-8;5-1-3(6)4(7)2-11-12(8,9)10/h1,3-6,8-12H,2H2;1,3-4,6-7H,2H2,(H2,8,9,10). The Labute approximate surface area is 135 Å². The lowest BCUT2D eigenvalue weighted by Crippen LogP contribution is -2.46. The highest BCUT2D eigenvalue weighted by Crippen LogP contribution is 2.35. The summed E-state index contributed by atoms with van der Waals surface area (Å²) in [6, 6.07) is 0. The van der Waals surface area contributed by atoms with Crippen LogP contribution in [-0.4, -0.2) is 108 Å². The average molecular weight is 380 g/mol. The summed E-state index contributed by atoms with van der Waals surface area (Å²) in [4.78, 5) is 36.0. The lowest BCUT2D eigenvalue weighted by atomic mass is 10.0. The first-order valence-electron chi connectivity index (χ1n) is 6.21. The van der Waals surface area contributed by atoms with Gasteiger partial charge in [-0.25, -0.2) is 4.57 Å². The highest BCUT2D eigenvalue weighted by Gasteiger charge is 2.29. The molecule has 0 aromatic heterocycles. The van der Waals surface area contributed by atoms with Gasteiger partial charge < -0.3 is 55.1 Å². The smallest absolute Gasteiger partial charge is 0.394 e. The summed E-state index contributed by atoms with van der Waals surface area (Å²) >= 11 is 0. The van der Waals surface area contributed by atoms with Crippen LogP contribution < -0.4 is 0 Å². The van der Waals surface area contributed by atoms with Crippen molar-refractivity contribution >= 4 is 20.4 Å². The van der Waals surface area contributed by atoms with E-state index in [1.807, 2.05) is 0 Å². The fourth-order valence-electron chi connectivity index (χ4n) is 0.981. The molecule has 0 aliphatic carbocycles. The zero-order chi connectivity index (χ0) is 19.5. The van der Waals surface area contributed by atoms with Gasteiger partial charge in [0.1, 0.15) is 36.6 Å². The van der Waals surface area contributed by atoms with Gasteiger partial charge in [-0.1, -0.05) is 0 Å². The molecule has 0 heterocycles. The second kappa shape index (κ2) is 12.5. The van der Waals surface area contributed by atoms with Crippen LogP contribution in [-0.2, 0) is 18.7 Å². The molecule has 0 saturated carbocycles. The Morgan fingerprint density at radius 2 is 1.29 bits per heavy atom. The van der Waals surface area contributed by atoms with Crippen LogP contribution in [0.3, 0.4) is 0 Å². The molecular formula is C10H21O13P. The number of phosphoric acid groups is 1. The van der Waals surface area contributed by atoms with Crippen LogP contribution in [0.25, 0.3) is 0 Å². The third-order valence-corrected chi connectivity index (χ3v) is 2.85. The van der Waals surface area contributed by atoms with Gasteiger partial charge in [0.05, 0.1) is 13.2 Å². The lowest BCUT2D eigenvalue weighted by Gasteiger charge is -2.22. The third-order valence-electron chi connectivity index (χ3n) is 2.37. The molecule has 0 spiro atoms. The quantitative estimate of drug-likeness (QED) is 0.127. The van der Waals surface area contributed by atoms with E-state index >= 15 is 0 Å². The Balaban J connectivity index is 0. The first-order chi connectivity index (χ1) is 10.9. The van der Waals surface area contributed by atoms with E-state index in [1.165, 1.54) is 0 Å². The van der Waals surface area contributed by atoms with Crippen molar-refractivity contribution in [2.75, 3.05) is 13.2 Å². The molecule has 0 rings (SSSR count). The number of aldehydes is 2. The molecule has 0 bridgehead atoms. The molecule has 14 heteroatoms. The SMILES string of the molecule is O=CC(O)C(O)C(O)C(O)CO.O=CC(O)C(O)COP(=O)(O)O. The van der Waals surface area contributed by atoms with Crippen molar-refractivity contribution in [2.45, 2.75) is 36.6 Å². The van der Waals surface area contributed by atoms with Crippen LogP contribution in [0.2, 0.25) is 0 Å². The lowest BCUT2D eigenvalue weighted by molar-refractivity contribution is -0.136. The highest BCUT2D eigenvalue weighted by atomic mass is 31.2. The summed E-state index contributed by atoms with van der Waals surface area (Å²) in [5.74, 6) is 0. The van der Waals surface area contributed by atoms with Gasteiger partial charge in [0.25, 0.3) is 0 Å². The zero-order valence-corrected chi connectivity index (χ0v) is 13.0. The zero-order valence-electron chi connectivity index (χ0n) is 12.1. The summed E-state index contributed by atoms with van der Waals surface area (Å²) in [6.45, 7) is -1.56. The molecule has 13 nitrogen and oxygen atoms in total. The summed E-state index contributed by atoms with van der Waals surface area (Å²) < 4.78 is 13.8. The van der Waals surface area contributed by atoms with Gasteiger partial charge in [-0.05, 0) is 0 Å². The van der Waals surface area contributed by atoms with Crippen molar-refractivity contribution in [3.63, 3.8) is 0 Å². The van der Waals surface area contributed by atoms with Crippen LogP contribution in [0.15, 0.2) is 0 Å². The second-order valence-electron chi connectivity index (χ2n) is 4.34. The van der Waals surface area contributed by atoms with Crippen molar-refractivity contribution in [3.05, 3.63) is 0 Å². The molecule has 0 aliphatic rings. The number of carbonyl (C=O) groups excluding carboxylic acids is 2. The predicted molar refractivity (Wildman–Crippen MR) is 73.3 cm³/mol. The Bertz CT molecular complexity index is 398. The van der Waals surface area contributed by atoms with E-state index in [4.69, 9.17) is 45.5 Å². The number of aliphatic hydroxyl groups excluding tert-OH is 7. The Morgan fingerprint density at radius 1 is 0.833 bits per heavy atom. The number of hydrogen-bond acceptors (Lipinski definition) is 11. The molecule has 6 unspecified atom stereocenters. The van der Waals surface area contributed by atoms with Gasteiger partial charge in [-0.3, -0.25) is 4.52 Å². The van der Waals surface area contributed by atoms with Crippen LogP contribution in [0, 0.1) is 0 Å². The molecule has 24 heavy (non-hydrogen) atoms. The molecule has 0 saturated heterocycles. The summed E-state index contributed by atoms with van der Waals surface area (Å²) in [6.07, 6.45) is -10.1. The minimum Gasteiger partial charge on any atom is -0.394 e. The normalized spacial score (nSPS) is 19.0. The van der Waals surface area contributed by atoms with E-state index in [1.54, 1.807) is 0 Å². The van der Waals surface area contributed by atoms with Crippen molar-refractivity contribution in [2.24, 2.45) is 0 Å². The molecule has 0 aromatic carbocycles. The molecule has 0 aromatic rings. The fourth-order valence-corrected chi connectivity index (χ4v) is 1.33. The summed E-state index contributed by atoms with van der Waals surface area (Å²) in [5, 5.41) is 60.8. The van der Waals surface area contributed by atoms with Crippen LogP contribution >= 0.6 is 7.82 Å². The molecule has 0 amide bonds. The summed E-state index contributed by atoms with van der Waals surface area (Å²) in [5.41, 5.74) is 0. The van der Waals surface area contributed by atoms with Crippen molar-refractivity contribution in [1.29, 1.82) is 0 Å². The molecule has 6 atom stereocenters. The van der Waals surface area contributed by atoms with Gasteiger partial charge in [-0.15, -0.1) is 0 Å². The Hall–Kier alpha value is -0.830. The van der Waals surface area contributed by atoms with Gasteiger partial charge in [0.15, 0.2) is 12.6 Å². The number of carbonyl (C=O) groups is 2. The Kier molecular flexibility index (Phi) is 13.3. The molecular weight excluding hydrogens is 359 g/mol. The number of hydrogen-bond donors (Lipinski definition) is 9. The van der Waals surface area contributed by atoms with E-state index in [2.05, 4.69) is 4.52 Å². The minimum absolute atomic E-state index is 0.0258. The highest BCUT2D eigenvalue weighted by molar-refractivity contribution is 7.46. The van der Waals surface area contributed by atoms with E-state index in [0.29, 0.717) is 0 Å². The van der Waals surface area contributed by atoms with E-state index < -0.39 is 57.7 Å². The third kappa shape index (κ3) is 11.7. The number of rotatable bonds is 10. The minimum atomic E-state index is -4.66. The maximum atomic E-state index is 10.0. The van der Waals surface area contributed by atoms with Gasteiger partial charge in [0.2, 0.25) is 0 Å². The maximum absolute atomic E-state index is 10.0. The van der Waals surface area contributed by atoms with Crippen molar-refractivity contribution in [1.82, 2.24) is 0 Å².